The topological polar surface area (TPSA) is 116 Å². The zero-order chi connectivity index (χ0) is 48.0. The average molecular weight is 909 g/mol. The number of hydrogen-bond donors (Lipinski definition) is 0. The minimum absolute atomic E-state index is 0.191. The van der Waals surface area contributed by atoms with Crippen molar-refractivity contribution in [1.82, 2.24) is 0 Å². The van der Waals surface area contributed by atoms with E-state index >= 15 is 0 Å². The van der Waals surface area contributed by atoms with Crippen LogP contribution in [0.1, 0.15) is 170 Å². The molecular formula is C55H88O10. The Morgan fingerprint density at radius 3 is 1.26 bits per heavy atom. The third-order valence-corrected chi connectivity index (χ3v) is 9.99. The fraction of sp³-hybridized carbons (Fsp3) is 0.618. The van der Waals surface area contributed by atoms with E-state index in [-0.39, 0.29) is 17.9 Å². The second kappa shape index (κ2) is 44.6. The predicted octanol–water partition coefficient (Wildman–Crippen LogP) is 14.3. The normalized spacial score (nSPS) is 11.1. The highest BCUT2D eigenvalue weighted by Gasteiger charge is 2.03. The van der Waals surface area contributed by atoms with Crippen LogP contribution in [0.5, 0.6) is 11.5 Å². The summed E-state index contributed by atoms with van der Waals surface area (Å²) < 4.78 is 37.6. The summed E-state index contributed by atoms with van der Waals surface area (Å²) in [6, 6.07) is 16.2. The molecule has 2 rings (SSSR count). The van der Waals surface area contributed by atoms with Crippen LogP contribution in [0.4, 0.5) is 0 Å². The molecule has 65 heavy (non-hydrogen) atoms. The largest absolute Gasteiger partial charge is 0.499 e. The van der Waals surface area contributed by atoms with Crippen LogP contribution in [0, 0.1) is 0 Å². The first kappa shape index (κ1) is 60.4. The van der Waals surface area contributed by atoms with E-state index in [1.165, 1.54) is 64.0 Å². The van der Waals surface area contributed by atoms with Gasteiger partial charge in [0.1, 0.15) is 11.5 Å². The maximum absolute atomic E-state index is 11.0. The number of carbonyl (C=O) groups is 3. The minimum atomic E-state index is -0.364. The molecular weight excluding hydrogens is 821 g/mol. The van der Waals surface area contributed by atoms with Crippen LogP contribution < -0.4 is 9.47 Å². The van der Waals surface area contributed by atoms with E-state index in [4.69, 9.17) is 33.2 Å². The third kappa shape index (κ3) is 39.5. The molecule has 0 aromatic heterocycles. The summed E-state index contributed by atoms with van der Waals surface area (Å²) in [6.07, 6.45) is 27.0. The fourth-order valence-corrected chi connectivity index (χ4v) is 6.28. The van der Waals surface area contributed by atoms with Crippen LogP contribution in [-0.2, 0) is 38.1 Å². The monoisotopic (exact) mass is 909 g/mol. The van der Waals surface area contributed by atoms with Crippen LogP contribution in [0.25, 0.3) is 11.1 Å². The number of benzene rings is 2. The molecule has 1 atom stereocenters. The molecule has 0 saturated heterocycles. The van der Waals surface area contributed by atoms with E-state index in [0.29, 0.717) is 39.1 Å². The number of carbonyl (C=O) groups excluding carboxylic acids is 3. The highest BCUT2D eigenvalue weighted by atomic mass is 16.5. The molecule has 2 aromatic carbocycles. The van der Waals surface area contributed by atoms with Crippen molar-refractivity contribution in [2.75, 3.05) is 46.2 Å². The molecule has 0 bridgehead atoms. The minimum Gasteiger partial charge on any atom is -0.499 e. The summed E-state index contributed by atoms with van der Waals surface area (Å²) in [6.45, 7) is 23.4. The van der Waals surface area contributed by atoms with Gasteiger partial charge >= 0.3 is 17.9 Å². The lowest BCUT2D eigenvalue weighted by Gasteiger charge is -2.11. The predicted molar refractivity (Wildman–Crippen MR) is 266 cm³/mol. The maximum Gasteiger partial charge on any atom is 0.330 e. The van der Waals surface area contributed by atoms with Gasteiger partial charge in [0.05, 0.1) is 51.5 Å². The molecule has 0 fully saturated rings. The van der Waals surface area contributed by atoms with Gasteiger partial charge in [0, 0.05) is 25.7 Å². The Hall–Kier alpha value is -4.57. The number of hydrogen-bond acceptors (Lipinski definition) is 10. The fourth-order valence-electron chi connectivity index (χ4n) is 6.28. The lowest BCUT2D eigenvalue weighted by Crippen LogP contribution is -2.08. The number of unbranched alkanes of at least 4 members (excludes halogenated alkanes) is 13. The van der Waals surface area contributed by atoms with Gasteiger partial charge in [0.2, 0.25) is 0 Å². The Bertz CT molecular complexity index is 1410. The highest BCUT2D eigenvalue weighted by molar-refractivity contribution is 5.81. The van der Waals surface area contributed by atoms with Gasteiger partial charge in [-0.05, 0) is 152 Å². The second-order valence-electron chi connectivity index (χ2n) is 16.0. The summed E-state index contributed by atoms with van der Waals surface area (Å²) in [4.78, 5) is 32.4. The van der Waals surface area contributed by atoms with Crippen LogP contribution in [0.15, 0.2) is 85.7 Å². The first-order chi connectivity index (χ1) is 31.6. The summed E-state index contributed by atoms with van der Waals surface area (Å²) in [5.74, 6) is 1.81. The molecule has 2 aromatic rings. The maximum atomic E-state index is 11.0. The molecule has 368 valence electrons. The number of rotatable bonds is 37. The Morgan fingerprint density at radius 1 is 0.492 bits per heavy atom. The SMILES string of the molecule is C=CC(=O)OCCCCCCOc1ccc(-c2ccc(OCCCCCCOC(=O)C=C)cc2)cc1.CC/C=C(\C)OCCCCCCOC(C)=O.CCCCCCCOC(C)CCC. The summed E-state index contributed by atoms with van der Waals surface area (Å²) >= 11 is 0. The molecule has 0 aliphatic carbocycles. The first-order valence-electron chi connectivity index (χ1n) is 24.7. The molecule has 1 unspecified atom stereocenters. The van der Waals surface area contributed by atoms with Gasteiger partial charge in [0.15, 0.2) is 0 Å². The Kier molecular flexibility index (Phi) is 41.5. The number of ether oxygens (including phenoxy) is 7. The molecule has 0 N–H and O–H groups in total. The molecule has 0 heterocycles. The zero-order valence-electron chi connectivity index (χ0n) is 41.5. The van der Waals surface area contributed by atoms with Gasteiger partial charge in [-0.15, -0.1) is 0 Å². The van der Waals surface area contributed by atoms with Crippen molar-refractivity contribution in [3.63, 3.8) is 0 Å². The molecule has 0 radical (unpaired) electrons. The lowest BCUT2D eigenvalue weighted by molar-refractivity contribution is -0.141. The van der Waals surface area contributed by atoms with Crippen molar-refractivity contribution in [3.05, 3.63) is 85.7 Å². The average Bonchev–Trinajstić information content (AvgIpc) is 3.31. The molecule has 0 amide bonds. The van der Waals surface area contributed by atoms with Crippen LogP contribution in [0.3, 0.4) is 0 Å². The van der Waals surface area contributed by atoms with Gasteiger partial charge in [-0.3, -0.25) is 4.79 Å². The lowest BCUT2D eigenvalue weighted by atomic mass is 10.1. The highest BCUT2D eigenvalue weighted by Crippen LogP contribution is 2.25. The zero-order valence-corrected chi connectivity index (χ0v) is 41.5. The summed E-state index contributed by atoms with van der Waals surface area (Å²) in [7, 11) is 0. The van der Waals surface area contributed by atoms with Crippen molar-refractivity contribution < 1.29 is 47.5 Å². The third-order valence-electron chi connectivity index (χ3n) is 9.99. The van der Waals surface area contributed by atoms with Gasteiger partial charge < -0.3 is 33.2 Å². The first-order valence-corrected chi connectivity index (χ1v) is 24.7. The molecule has 0 aliphatic heterocycles. The number of allylic oxidation sites excluding steroid dienone is 2. The van der Waals surface area contributed by atoms with Crippen molar-refractivity contribution in [2.24, 2.45) is 0 Å². The van der Waals surface area contributed by atoms with E-state index in [0.717, 1.165) is 125 Å². The van der Waals surface area contributed by atoms with Gasteiger partial charge in [-0.1, -0.05) is 90.3 Å². The van der Waals surface area contributed by atoms with Gasteiger partial charge in [0.25, 0.3) is 0 Å². The van der Waals surface area contributed by atoms with Gasteiger partial charge in [-0.25, -0.2) is 9.59 Å². The van der Waals surface area contributed by atoms with Crippen LogP contribution >= 0.6 is 0 Å². The second-order valence-corrected chi connectivity index (χ2v) is 16.0. The van der Waals surface area contributed by atoms with Crippen LogP contribution in [0.2, 0.25) is 0 Å². The standard InChI is InChI=1S/C30H38O6.C13H24O3.C12H26O/c1-3-29(31)35-23-11-7-5-9-21-33-27-17-13-25(14-18-27)26-15-19-28(20-16-26)34-22-10-6-8-12-24-36-30(32)4-2;1-4-9-12(2)15-10-7-5-6-8-11-16-13(3)14;1-4-6-7-8-9-11-13-12(3)10-5-2/h3-4,13-20H,1-2,5-12,21-24H2;9H,4-8,10-11H2,1-3H3;12H,4-11H2,1-3H3/b;12-9+;. The Labute approximate surface area is 394 Å². The Balaban J connectivity index is 0.00000116. The van der Waals surface area contributed by atoms with E-state index in [2.05, 4.69) is 71.2 Å². The quantitative estimate of drug-likeness (QED) is 0.0213. The van der Waals surface area contributed by atoms with Crippen molar-refractivity contribution in [1.29, 1.82) is 0 Å². The van der Waals surface area contributed by atoms with E-state index in [1.54, 1.807) is 0 Å². The molecule has 10 nitrogen and oxygen atoms in total. The molecule has 0 saturated carbocycles. The van der Waals surface area contributed by atoms with Crippen molar-refractivity contribution in [2.45, 2.75) is 176 Å². The summed E-state index contributed by atoms with van der Waals surface area (Å²) in [5.41, 5.74) is 2.25. The smallest absolute Gasteiger partial charge is 0.330 e. The van der Waals surface area contributed by atoms with E-state index < -0.39 is 0 Å². The molecule has 10 heteroatoms. The number of esters is 3. The molecule has 0 spiro atoms. The Morgan fingerprint density at radius 2 is 0.877 bits per heavy atom. The van der Waals surface area contributed by atoms with Crippen molar-refractivity contribution in [3.8, 4) is 22.6 Å². The van der Waals surface area contributed by atoms with E-state index in [9.17, 15) is 14.4 Å². The van der Waals surface area contributed by atoms with Crippen LogP contribution in [-0.4, -0.2) is 70.3 Å². The van der Waals surface area contributed by atoms with Gasteiger partial charge in [-0.2, -0.15) is 0 Å². The molecule has 0 aliphatic rings. The summed E-state index contributed by atoms with van der Waals surface area (Å²) in [5, 5.41) is 0. The van der Waals surface area contributed by atoms with Crippen molar-refractivity contribution >= 4 is 17.9 Å². The van der Waals surface area contributed by atoms with E-state index in [1.807, 2.05) is 31.2 Å².